The largest absolute Gasteiger partial charge is 0.393 e. The van der Waals surface area contributed by atoms with Gasteiger partial charge in [0.1, 0.15) is 18.6 Å². The van der Waals surface area contributed by atoms with Crippen molar-refractivity contribution in [3.8, 4) is 0 Å². The summed E-state index contributed by atoms with van der Waals surface area (Å²) >= 11 is 5.84. The number of amides is 2. The lowest BCUT2D eigenvalue weighted by molar-refractivity contribution is -0.139. The van der Waals surface area contributed by atoms with E-state index in [-0.39, 0.29) is 48.7 Å². The summed E-state index contributed by atoms with van der Waals surface area (Å²) in [5, 5.41) is 17.5. The quantitative estimate of drug-likeness (QED) is 0.334. The monoisotopic (exact) mass is 515 g/mol. The topological polar surface area (TPSA) is 131 Å². The van der Waals surface area contributed by atoms with Gasteiger partial charge in [-0.1, -0.05) is 41.9 Å². The molecule has 0 saturated heterocycles. The average Bonchev–Trinajstić information content (AvgIpc) is 3.20. The lowest BCUT2D eigenvalue weighted by Gasteiger charge is -2.38. The average molecular weight is 516 g/mol. The second kappa shape index (κ2) is 11.2. The normalized spacial score (nSPS) is 18.0. The Bertz CT molecular complexity index is 1280. The first-order chi connectivity index (χ1) is 17.3. The predicted octanol–water partition coefficient (Wildman–Crippen LogP) is 1.88. The van der Waals surface area contributed by atoms with Gasteiger partial charge in [0, 0.05) is 30.6 Å². The highest BCUT2D eigenvalue weighted by atomic mass is 35.5. The molecule has 1 fully saturated rings. The molecule has 4 N–H and O–H groups in total. The van der Waals surface area contributed by atoms with Gasteiger partial charge in [0.05, 0.1) is 22.7 Å². The van der Waals surface area contributed by atoms with E-state index in [2.05, 4.69) is 10.4 Å². The first-order valence-electron chi connectivity index (χ1n) is 11.6. The summed E-state index contributed by atoms with van der Waals surface area (Å²) in [6.45, 7) is 0.264. The van der Waals surface area contributed by atoms with Crippen LogP contribution in [0.4, 0.5) is 4.39 Å². The van der Waals surface area contributed by atoms with Crippen LogP contribution in [0.25, 0.3) is 10.9 Å². The zero-order valence-electron chi connectivity index (χ0n) is 19.4. The summed E-state index contributed by atoms with van der Waals surface area (Å²) < 4.78 is 15.6. The van der Waals surface area contributed by atoms with E-state index in [1.54, 1.807) is 36.4 Å². The summed E-state index contributed by atoms with van der Waals surface area (Å²) in [4.78, 5) is 38.8. The maximum absolute atomic E-state index is 14.2. The van der Waals surface area contributed by atoms with Crippen molar-refractivity contribution in [2.75, 3.05) is 13.1 Å². The van der Waals surface area contributed by atoms with Crippen molar-refractivity contribution in [1.82, 2.24) is 20.0 Å². The first kappa shape index (κ1) is 25.7. The number of carbonyl (C=O) groups is 3. The number of carbonyl (C=O) groups excluding carboxylic acids is 3. The van der Waals surface area contributed by atoms with Crippen LogP contribution in [0, 0.1) is 11.7 Å². The number of nitrogens with zero attached hydrogens (tertiary/aromatic N) is 3. The number of fused-ring (bicyclic) bond motifs is 1. The minimum absolute atomic E-state index is 0.00311. The summed E-state index contributed by atoms with van der Waals surface area (Å²) in [7, 11) is 0. The molecule has 1 unspecified atom stereocenters. The molecule has 1 heterocycles. The third-order valence-corrected chi connectivity index (χ3v) is 6.71. The minimum atomic E-state index is -0.838. The van der Waals surface area contributed by atoms with Gasteiger partial charge in [-0.25, -0.2) is 4.39 Å². The van der Waals surface area contributed by atoms with Crippen LogP contribution in [0.1, 0.15) is 28.9 Å². The van der Waals surface area contributed by atoms with Crippen molar-refractivity contribution in [3.63, 3.8) is 0 Å². The van der Waals surface area contributed by atoms with Crippen LogP contribution >= 0.6 is 11.6 Å². The number of rotatable bonds is 11. The molecule has 11 heteroatoms. The van der Waals surface area contributed by atoms with Crippen LogP contribution in [0.15, 0.2) is 42.5 Å². The van der Waals surface area contributed by atoms with E-state index in [9.17, 15) is 23.9 Å². The molecular weight excluding hydrogens is 489 g/mol. The Morgan fingerprint density at radius 3 is 2.72 bits per heavy atom. The Kier molecular flexibility index (Phi) is 7.97. The zero-order valence-corrected chi connectivity index (χ0v) is 20.2. The SMILES string of the molecule is NC(=O)c1nn(CC(=O)N(CC2CC(O)C2)C(C=O)CNCc2cccc(Cl)c2F)c2ccccc12. The Labute approximate surface area is 212 Å². The minimum Gasteiger partial charge on any atom is -0.393 e. The van der Waals surface area contributed by atoms with Crippen molar-refractivity contribution in [2.45, 2.75) is 38.1 Å². The van der Waals surface area contributed by atoms with Gasteiger partial charge < -0.3 is 25.9 Å². The standard InChI is InChI=1S/C25H27ClFN5O4/c26-20-6-3-4-16(23(20)27)10-29-11-17(14-33)31(12-15-8-18(34)9-15)22(35)13-32-21-7-2-1-5-19(21)24(30-32)25(28)36/h1-7,14-15,17-18,29,34H,8-13H2,(H2,28,36). The molecule has 1 aromatic heterocycles. The Morgan fingerprint density at radius 1 is 1.28 bits per heavy atom. The summed E-state index contributed by atoms with van der Waals surface area (Å²) in [5.41, 5.74) is 6.42. The molecular formula is C25H27ClFN5O4. The van der Waals surface area contributed by atoms with Gasteiger partial charge in [0.2, 0.25) is 5.91 Å². The molecule has 4 rings (SSSR count). The van der Waals surface area contributed by atoms with E-state index in [1.807, 2.05) is 0 Å². The first-order valence-corrected chi connectivity index (χ1v) is 12.0. The fraction of sp³-hybridized carbons (Fsp3) is 0.360. The number of primary amides is 1. The molecule has 1 aliphatic rings. The molecule has 3 aromatic rings. The van der Waals surface area contributed by atoms with Gasteiger partial charge in [-0.05, 0) is 30.9 Å². The number of halogens is 2. The van der Waals surface area contributed by atoms with Crippen LogP contribution in [0.5, 0.6) is 0 Å². The van der Waals surface area contributed by atoms with Crippen LogP contribution in [-0.2, 0) is 22.7 Å². The fourth-order valence-corrected chi connectivity index (χ4v) is 4.66. The van der Waals surface area contributed by atoms with Gasteiger partial charge in [0.25, 0.3) is 5.91 Å². The third-order valence-electron chi connectivity index (χ3n) is 6.42. The van der Waals surface area contributed by atoms with Gasteiger partial charge in [-0.15, -0.1) is 0 Å². The Balaban J connectivity index is 1.52. The van der Waals surface area contributed by atoms with Gasteiger partial charge in [0.15, 0.2) is 5.69 Å². The number of para-hydroxylation sites is 1. The molecule has 0 radical (unpaired) electrons. The molecule has 36 heavy (non-hydrogen) atoms. The number of hydrogen-bond acceptors (Lipinski definition) is 6. The predicted molar refractivity (Wildman–Crippen MR) is 132 cm³/mol. The molecule has 0 aliphatic heterocycles. The zero-order chi connectivity index (χ0) is 25.8. The highest BCUT2D eigenvalue weighted by Gasteiger charge is 2.33. The van der Waals surface area contributed by atoms with Gasteiger partial charge in [-0.2, -0.15) is 5.10 Å². The molecule has 1 saturated carbocycles. The summed E-state index contributed by atoms with van der Waals surface area (Å²) in [6, 6.07) is 10.8. The molecule has 2 amide bonds. The lowest BCUT2D eigenvalue weighted by atomic mass is 9.82. The number of hydrogen-bond donors (Lipinski definition) is 3. The summed E-state index contributed by atoms with van der Waals surface area (Å²) in [5.74, 6) is -1.58. The maximum atomic E-state index is 14.2. The second-order valence-electron chi connectivity index (χ2n) is 8.97. The number of aldehydes is 1. The van der Waals surface area contributed by atoms with Crippen LogP contribution in [-0.4, -0.2) is 63.1 Å². The molecule has 190 valence electrons. The van der Waals surface area contributed by atoms with Gasteiger partial charge in [-0.3, -0.25) is 14.3 Å². The van der Waals surface area contributed by atoms with Crippen LogP contribution in [0.3, 0.4) is 0 Å². The van der Waals surface area contributed by atoms with Crippen molar-refractivity contribution in [2.24, 2.45) is 11.7 Å². The van der Waals surface area contributed by atoms with E-state index in [4.69, 9.17) is 17.3 Å². The molecule has 1 atom stereocenters. The van der Waals surface area contributed by atoms with Gasteiger partial charge >= 0.3 is 0 Å². The van der Waals surface area contributed by atoms with Crippen molar-refractivity contribution < 1.29 is 23.9 Å². The molecule has 1 aliphatic carbocycles. The number of aliphatic hydroxyl groups is 1. The van der Waals surface area contributed by atoms with E-state index < -0.39 is 23.9 Å². The van der Waals surface area contributed by atoms with E-state index >= 15 is 0 Å². The van der Waals surface area contributed by atoms with Crippen molar-refractivity contribution in [1.29, 1.82) is 0 Å². The van der Waals surface area contributed by atoms with Crippen molar-refractivity contribution in [3.05, 3.63) is 64.6 Å². The highest BCUT2D eigenvalue weighted by molar-refractivity contribution is 6.30. The van der Waals surface area contributed by atoms with E-state index in [0.29, 0.717) is 35.6 Å². The Morgan fingerprint density at radius 2 is 2.03 bits per heavy atom. The third kappa shape index (κ3) is 5.56. The number of aliphatic hydroxyl groups excluding tert-OH is 1. The van der Waals surface area contributed by atoms with E-state index in [1.165, 1.54) is 15.6 Å². The number of nitrogens with one attached hydrogen (secondary N) is 1. The maximum Gasteiger partial charge on any atom is 0.269 e. The Hall–Kier alpha value is -3.34. The lowest BCUT2D eigenvalue weighted by Crippen LogP contribution is -2.51. The highest BCUT2D eigenvalue weighted by Crippen LogP contribution is 2.29. The molecule has 0 bridgehead atoms. The molecule has 9 nitrogen and oxygen atoms in total. The fourth-order valence-electron chi connectivity index (χ4n) is 4.47. The number of nitrogens with two attached hydrogens (primary N) is 1. The summed E-state index contributed by atoms with van der Waals surface area (Å²) in [6.07, 6.45) is 1.32. The van der Waals surface area contributed by atoms with Crippen LogP contribution < -0.4 is 11.1 Å². The number of benzene rings is 2. The molecule has 2 aromatic carbocycles. The van der Waals surface area contributed by atoms with Crippen molar-refractivity contribution >= 4 is 40.6 Å². The van der Waals surface area contributed by atoms with Crippen LogP contribution in [0.2, 0.25) is 5.02 Å². The number of aromatic nitrogens is 2. The second-order valence-corrected chi connectivity index (χ2v) is 9.38. The smallest absolute Gasteiger partial charge is 0.269 e. The molecule has 0 spiro atoms. The van der Waals surface area contributed by atoms with E-state index in [0.717, 1.165) is 0 Å².